The highest BCUT2D eigenvalue weighted by molar-refractivity contribution is 7.99. The maximum Gasteiger partial charge on any atom is 0.303 e. The summed E-state index contributed by atoms with van der Waals surface area (Å²) in [5, 5.41) is 11.4. The Labute approximate surface area is 237 Å². The first kappa shape index (κ1) is 28.9. The van der Waals surface area contributed by atoms with Gasteiger partial charge in [-0.2, -0.15) is 0 Å². The lowest BCUT2D eigenvalue weighted by Gasteiger charge is -2.38. The largest absolute Gasteiger partial charge is 0.497 e. The van der Waals surface area contributed by atoms with Crippen molar-refractivity contribution in [3.05, 3.63) is 64.3 Å². The topological polar surface area (TPSA) is 62.7 Å². The van der Waals surface area contributed by atoms with E-state index in [2.05, 4.69) is 9.88 Å². The van der Waals surface area contributed by atoms with Gasteiger partial charge >= 0.3 is 5.97 Å². The summed E-state index contributed by atoms with van der Waals surface area (Å²) >= 11 is 14.1. The Morgan fingerprint density at radius 2 is 2.11 bits per heavy atom. The van der Waals surface area contributed by atoms with Gasteiger partial charge in [0.1, 0.15) is 11.9 Å². The van der Waals surface area contributed by atoms with Crippen molar-refractivity contribution < 1.29 is 19.0 Å². The van der Waals surface area contributed by atoms with Gasteiger partial charge in [-0.15, -0.1) is 11.8 Å². The number of piperidine rings is 1. The van der Waals surface area contributed by atoms with Crippen molar-refractivity contribution in [1.82, 2.24) is 9.88 Å². The van der Waals surface area contributed by atoms with E-state index in [1.165, 1.54) is 0 Å². The molecule has 0 radical (unpaired) electrons. The Morgan fingerprint density at radius 1 is 1.26 bits per heavy atom. The Hall–Kier alpha value is -2.06. The van der Waals surface area contributed by atoms with Crippen LogP contribution >= 0.6 is 35.0 Å². The molecule has 3 atom stereocenters. The van der Waals surface area contributed by atoms with E-state index >= 15 is 4.39 Å². The van der Waals surface area contributed by atoms with Gasteiger partial charge in [-0.05, 0) is 98.3 Å². The minimum Gasteiger partial charge on any atom is -0.497 e. The van der Waals surface area contributed by atoms with Crippen LogP contribution in [0.2, 0.25) is 10.0 Å². The predicted octanol–water partition coefficient (Wildman–Crippen LogP) is 7.94. The Bertz CT molecular complexity index is 1250. The third-order valence-corrected chi connectivity index (χ3v) is 9.39. The van der Waals surface area contributed by atoms with Crippen LogP contribution in [0.1, 0.15) is 43.8 Å². The molecular formula is C29H33Cl2FN2O3S. The molecule has 1 N–H and O–H groups in total. The number of pyridine rings is 1. The molecule has 1 aromatic heterocycles. The number of halogens is 3. The maximum absolute atomic E-state index is 15.5. The molecule has 0 saturated carbocycles. The molecule has 1 saturated heterocycles. The number of aromatic nitrogens is 1. The zero-order valence-electron chi connectivity index (χ0n) is 21.4. The number of carbonyl (C=O) groups is 1. The number of rotatable bonds is 12. The molecule has 38 heavy (non-hydrogen) atoms. The number of benzene rings is 2. The van der Waals surface area contributed by atoms with E-state index < -0.39 is 12.1 Å². The van der Waals surface area contributed by atoms with Gasteiger partial charge < -0.3 is 14.7 Å². The molecule has 0 spiro atoms. The highest BCUT2D eigenvalue weighted by Gasteiger charge is 2.31. The Morgan fingerprint density at radius 3 is 2.89 bits per heavy atom. The van der Waals surface area contributed by atoms with E-state index in [1.807, 2.05) is 30.3 Å². The second kappa shape index (κ2) is 13.8. The van der Waals surface area contributed by atoms with E-state index in [-0.39, 0.29) is 18.3 Å². The van der Waals surface area contributed by atoms with Gasteiger partial charge in [0.05, 0.1) is 22.7 Å². The monoisotopic (exact) mass is 578 g/mol. The molecular weight excluding hydrogens is 546 g/mol. The number of hydrogen-bond acceptors (Lipinski definition) is 5. The van der Waals surface area contributed by atoms with Crippen molar-refractivity contribution in [1.29, 1.82) is 0 Å². The quantitative estimate of drug-likeness (QED) is 0.174. The summed E-state index contributed by atoms with van der Waals surface area (Å²) < 4.78 is 20.8. The third kappa shape index (κ3) is 7.53. The zero-order valence-corrected chi connectivity index (χ0v) is 23.7. The van der Waals surface area contributed by atoms with Crippen LogP contribution < -0.4 is 4.74 Å². The number of ether oxygens (including phenoxy) is 1. The van der Waals surface area contributed by atoms with Gasteiger partial charge in [-0.25, -0.2) is 4.39 Å². The lowest BCUT2D eigenvalue weighted by molar-refractivity contribution is -0.139. The van der Waals surface area contributed by atoms with Gasteiger partial charge in [-0.3, -0.25) is 9.78 Å². The number of likely N-dealkylation sites (tertiary alicyclic amines) is 1. The number of alkyl halides is 1. The van der Waals surface area contributed by atoms with Gasteiger partial charge in [0.15, 0.2) is 0 Å². The molecule has 0 amide bonds. The highest BCUT2D eigenvalue weighted by Crippen LogP contribution is 2.37. The molecule has 9 heteroatoms. The van der Waals surface area contributed by atoms with Crippen LogP contribution in [-0.2, 0) is 4.79 Å². The molecule has 5 nitrogen and oxygen atoms in total. The van der Waals surface area contributed by atoms with Gasteiger partial charge in [0, 0.05) is 29.4 Å². The average Bonchev–Trinajstić information content (AvgIpc) is 2.91. The van der Waals surface area contributed by atoms with Crippen LogP contribution in [0.3, 0.4) is 0 Å². The molecule has 204 valence electrons. The summed E-state index contributed by atoms with van der Waals surface area (Å²) in [6.45, 7) is 2.52. The fraction of sp³-hybridized carbons (Fsp3) is 0.448. The van der Waals surface area contributed by atoms with E-state index in [0.717, 1.165) is 54.0 Å². The number of nitrogens with zero attached hydrogens (tertiary/aromatic N) is 2. The molecule has 3 aromatic rings. The average molecular weight is 580 g/mol. The van der Waals surface area contributed by atoms with Crippen molar-refractivity contribution >= 4 is 51.8 Å². The van der Waals surface area contributed by atoms with Crippen LogP contribution in [0.4, 0.5) is 4.39 Å². The smallest absolute Gasteiger partial charge is 0.303 e. The molecule has 4 rings (SSSR count). The molecule has 2 aromatic carbocycles. The molecule has 1 fully saturated rings. The number of carboxylic acid groups (broad SMARTS) is 1. The number of carboxylic acids is 1. The fourth-order valence-corrected chi connectivity index (χ4v) is 6.75. The zero-order chi connectivity index (χ0) is 27.1. The molecule has 1 aliphatic heterocycles. The van der Waals surface area contributed by atoms with E-state index in [9.17, 15) is 9.90 Å². The first-order valence-corrected chi connectivity index (χ1v) is 14.7. The van der Waals surface area contributed by atoms with E-state index in [0.29, 0.717) is 34.2 Å². The van der Waals surface area contributed by atoms with E-state index in [4.69, 9.17) is 27.9 Å². The summed E-state index contributed by atoms with van der Waals surface area (Å²) in [4.78, 5) is 19.3. The van der Waals surface area contributed by atoms with Gasteiger partial charge in [0.25, 0.3) is 0 Å². The summed E-state index contributed by atoms with van der Waals surface area (Å²) in [6, 6.07) is 12.9. The van der Waals surface area contributed by atoms with Gasteiger partial charge in [-0.1, -0.05) is 29.3 Å². The first-order chi connectivity index (χ1) is 18.4. The van der Waals surface area contributed by atoms with Crippen LogP contribution in [0.5, 0.6) is 5.75 Å². The van der Waals surface area contributed by atoms with Crippen molar-refractivity contribution in [3.63, 3.8) is 0 Å². The fourth-order valence-electron chi connectivity index (χ4n) is 5.32. The molecule has 0 aliphatic carbocycles. The summed E-state index contributed by atoms with van der Waals surface area (Å²) in [5.41, 5.74) is 1.34. The van der Waals surface area contributed by atoms with Crippen LogP contribution in [0.25, 0.3) is 10.9 Å². The number of fused-ring (bicyclic) bond motifs is 1. The standard InChI is InChI=1S/C29H33Cl2FN2O3S/c1-37-21-7-9-26-23(17-21)22(10-12-33-26)25(32)8-6-19-11-14-34(18-20(19)16-28(35)36)13-3-15-38-27-5-2-4-24(30)29(27)31/h2,4-5,7,9-10,12,17,19-20,25H,3,6,8,11,13-16,18H2,1H3,(H,35,36)/t19-,20+,25+/m1/s1. The van der Waals surface area contributed by atoms with Crippen molar-refractivity contribution in [2.45, 2.75) is 43.2 Å². The molecule has 1 aliphatic rings. The number of hydrogen-bond donors (Lipinski definition) is 1. The summed E-state index contributed by atoms with van der Waals surface area (Å²) in [5.74, 6) is 0.970. The van der Waals surface area contributed by atoms with Crippen molar-refractivity contribution in [2.24, 2.45) is 11.8 Å². The van der Waals surface area contributed by atoms with Crippen LogP contribution in [0.15, 0.2) is 53.6 Å². The molecule has 0 bridgehead atoms. The van der Waals surface area contributed by atoms with Crippen LogP contribution in [0, 0.1) is 11.8 Å². The SMILES string of the molecule is COc1ccc2nccc([C@@H](F)CC[C@@H]3CCN(CCCSc4cccc(Cl)c4Cl)C[C@@H]3CC(=O)O)c2c1. The van der Waals surface area contributed by atoms with Gasteiger partial charge in [0.2, 0.25) is 0 Å². The Balaban J connectivity index is 1.31. The summed E-state index contributed by atoms with van der Waals surface area (Å²) in [7, 11) is 1.59. The third-order valence-electron chi connectivity index (χ3n) is 7.32. The number of methoxy groups -OCH3 is 1. The molecule has 0 unspecified atom stereocenters. The lowest BCUT2D eigenvalue weighted by atomic mass is 9.79. The normalized spacial score (nSPS) is 18.9. The number of thioether (sulfide) groups is 1. The minimum absolute atomic E-state index is 0.0118. The Kier molecular flexibility index (Phi) is 10.5. The van der Waals surface area contributed by atoms with Crippen LogP contribution in [-0.4, -0.2) is 53.5 Å². The number of aliphatic carboxylic acids is 1. The highest BCUT2D eigenvalue weighted by atomic mass is 35.5. The molecule has 2 heterocycles. The lowest BCUT2D eigenvalue weighted by Crippen LogP contribution is -2.42. The second-order valence-electron chi connectivity index (χ2n) is 9.79. The maximum atomic E-state index is 15.5. The van der Waals surface area contributed by atoms with Crippen molar-refractivity contribution in [2.75, 3.05) is 32.5 Å². The summed E-state index contributed by atoms with van der Waals surface area (Å²) in [6.07, 6.45) is 3.46. The second-order valence-corrected chi connectivity index (χ2v) is 11.7. The predicted molar refractivity (Wildman–Crippen MR) is 153 cm³/mol. The first-order valence-electron chi connectivity index (χ1n) is 12.9. The van der Waals surface area contributed by atoms with E-state index in [1.54, 1.807) is 37.2 Å². The minimum atomic E-state index is -1.15. The van der Waals surface area contributed by atoms with Crippen molar-refractivity contribution in [3.8, 4) is 5.75 Å².